The Kier molecular flexibility index (Phi) is 5.95. The fourth-order valence-electron chi connectivity index (χ4n) is 2.48. The summed E-state index contributed by atoms with van der Waals surface area (Å²) in [6.07, 6.45) is 6.82. The lowest BCUT2D eigenvalue weighted by atomic mass is 10.1. The molecule has 1 aliphatic heterocycles. The number of hydrogen-bond donors (Lipinski definition) is 1. The van der Waals surface area contributed by atoms with Crippen LogP contribution < -0.4 is 0 Å². The van der Waals surface area contributed by atoms with Crippen molar-refractivity contribution < 1.29 is 0 Å². The fourth-order valence-corrected chi connectivity index (χ4v) is 2.70. The largest absolute Gasteiger partial charge is 0.300 e. The molecule has 0 bridgehead atoms. The predicted octanol–water partition coefficient (Wildman–Crippen LogP) is 3.21. The van der Waals surface area contributed by atoms with E-state index in [1.807, 2.05) is 0 Å². The first-order valence-electron chi connectivity index (χ1n) is 6.09. The highest BCUT2D eigenvalue weighted by Gasteiger charge is 2.24. The van der Waals surface area contributed by atoms with E-state index in [0.717, 1.165) is 17.7 Å². The Hall–Kier alpha value is 0.310. The molecule has 0 N–H and O–H groups in total. The summed E-state index contributed by atoms with van der Waals surface area (Å²) in [5.41, 5.74) is 0. The maximum Gasteiger partial charge on any atom is 0.00700 e. The zero-order chi connectivity index (χ0) is 10.4. The first kappa shape index (κ1) is 12.4. The van der Waals surface area contributed by atoms with Gasteiger partial charge in [-0.2, -0.15) is 12.6 Å². The van der Waals surface area contributed by atoms with Crippen LogP contribution in [0.1, 0.15) is 46.0 Å². The summed E-state index contributed by atoms with van der Waals surface area (Å²) >= 11 is 4.23. The smallest absolute Gasteiger partial charge is 0.00700 e. The summed E-state index contributed by atoms with van der Waals surface area (Å²) in [6, 6.07) is 0.829. The summed E-state index contributed by atoms with van der Waals surface area (Å²) in [5.74, 6) is 1.97. The Morgan fingerprint density at radius 2 is 1.86 bits per heavy atom. The highest BCUT2D eigenvalue weighted by molar-refractivity contribution is 7.80. The zero-order valence-electron chi connectivity index (χ0n) is 9.71. The van der Waals surface area contributed by atoms with Crippen molar-refractivity contribution in [2.45, 2.75) is 52.0 Å². The second-order valence-electron chi connectivity index (χ2n) is 4.82. The van der Waals surface area contributed by atoms with E-state index in [0.29, 0.717) is 0 Å². The molecule has 2 heteroatoms. The molecule has 0 spiro atoms. The van der Waals surface area contributed by atoms with Gasteiger partial charge in [-0.05, 0) is 44.4 Å². The van der Waals surface area contributed by atoms with E-state index in [1.54, 1.807) is 0 Å². The summed E-state index contributed by atoms with van der Waals surface area (Å²) in [7, 11) is 0. The average Bonchev–Trinajstić information content (AvgIpc) is 2.45. The molecular formula is C12H25NS. The quantitative estimate of drug-likeness (QED) is 0.526. The lowest BCUT2D eigenvalue weighted by Gasteiger charge is -2.20. The van der Waals surface area contributed by atoms with Crippen molar-refractivity contribution in [3.63, 3.8) is 0 Å². The third kappa shape index (κ3) is 4.22. The Morgan fingerprint density at radius 1 is 1.14 bits per heavy atom. The van der Waals surface area contributed by atoms with Gasteiger partial charge >= 0.3 is 0 Å². The van der Waals surface area contributed by atoms with Gasteiger partial charge in [-0.25, -0.2) is 0 Å². The van der Waals surface area contributed by atoms with E-state index in [4.69, 9.17) is 0 Å². The standard InChI is InChI=1S/C12H25NS/c1-11-9-12(2)13(10-11)7-5-3-4-6-8-14/h11-12,14H,3-10H2,1-2H3. The molecule has 0 aromatic heterocycles. The molecule has 0 radical (unpaired) electrons. The van der Waals surface area contributed by atoms with Gasteiger partial charge in [0.1, 0.15) is 0 Å². The molecule has 0 aromatic carbocycles. The van der Waals surface area contributed by atoms with Crippen molar-refractivity contribution in [2.75, 3.05) is 18.8 Å². The van der Waals surface area contributed by atoms with Gasteiger partial charge in [0.2, 0.25) is 0 Å². The molecule has 1 heterocycles. The third-order valence-corrected chi connectivity index (χ3v) is 3.58. The molecule has 2 unspecified atom stereocenters. The van der Waals surface area contributed by atoms with Crippen LogP contribution in [0.4, 0.5) is 0 Å². The Balaban J connectivity index is 2.01. The van der Waals surface area contributed by atoms with Crippen LogP contribution in [0.15, 0.2) is 0 Å². The van der Waals surface area contributed by atoms with E-state index < -0.39 is 0 Å². The van der Waals surface area contributed by atoms with Crippen molar-refractivity contribution in [3.8, 4) is 0 Å². The van der Waals surface area contributed by atoms with Crippen molar-refractivity contribution in [2.24, 2.45) is 5.92 Å². The van der Waals surface area contributed by atoms with Gasteiger partial charge in [0.25, 0.3) is 0 Å². The molecule has 1 nitrogen and oxygen atoms in total. The zero-order valence-corrected chi connectivity index (χ0v) is 10.6. The Bertz CT molecular complexity index is 149. The molecule has 2 atom stereocenters. The van der Waals surface area contributed by atoms with Crippen LogP contribution in [0.2, 0.25) is 0 Å². The Labute approximate surface area is 94.7 Å². The van der Waals surface area contributed by atoms with Gasteiger partial charge in [0.05, 0.1) is 0 Å². The molecule has 0 aliphatic carbocycles. The Morgan fingerprint density at radius 3 is 2.43 bits per heavy atom. The molecule has 0 aromatic rings. The summed E-state index contributed by atoms with van der Waals surface area (Å²) < 4.78 is 0. The van der Waals surface area contributed by atoms with E-state index in [9.17, 15) is 0 Å². The van der Waals surface area contributed by atoms with Gasteiger partial charge in [-0.1, -0.05) is 19.8 Å². The van der Waals surface area contributed by atoms with Gasteiger partial charge in [-0.3, -0.25) is 0 Å². The molecule has 1 aliphatic rings. The van der Waals surface area contributed by atoms with Gasteiger partial charge in [0.15, 0.2) is 0 Å². The molecule has 1 rings (SSSR count). The van der Waals surface area contributed by atoms with Crippen molar-refractivity contribution in [1.29, 1.82) is 0 Å². The summed E-state index contributed by atoms with van der Waals surface area (Å²) in [5, 5.41) is 0. The topological polar surface area (TPSA) is 3.24 Å². The first-order chi connectivity index (χ1) is 6.74. The SMILES string of the molecule is CC1CC(C)N(CCCCCCS)C1. The predicted molar refractivity (Wildman–Crippen MR) is 67.1 cm³/mol. The summed E-state index contributed by atoms with van der Waals surface area (Å²) in [4.78, 5) is 2.66. The van der Waals surface area contributed by atoms with Gasteiger partial charge < -0.3 is 4.90 Å². The van der Waals surface area contributed by atoms with Crippen LogP contribution in [0, 0.1) is 5.92 Å². The minimum absolute atomic E-state index is 0.829. The van der Waals surface area contributed by atoms with Crippen LogP contribution in [-0.2, 0) is 0 Å². The molecule has 1 saturated heterocycles. The normalized spacial score (nSPS) is 28.5. The summed E-state index contributed by atoms with van der Waals surface area (Å²) in [6.45, 7) is 7.39. The van der Waals surface area contributed by atoms with Crippen LogP contribution in [0.3, 0.4) is 0 Å². The van der Waals surface area contributed by atoms with Crippen LogP contribution in [0.25, 0.3) is 0 Å². The van der Waals surface area contributed by atoms with E-state index in [2.05, 4.69) is 31.4 Å². The van der Waals surface area contributed by atoms with Gasteiger partial charge in [0, 0.05) is 12.6 Å². The van der Waals surface area contributed by atoms with E-state index in [-0.39, 0.29) is 0 Å². The highest BCUT2D eigenvalue weighted by Crippen LogP contribution is 2.22. The van der Waals surface area contributed by atoms with Crippen molar-refractivity contribution in [3.05, 3.63) is 0 Å². The molecule has 0 amide bonds. The second-order valence-corrected chi connectivity index (χ2v) is 5.27. The molecule has 14 heavy (non-hydrogen) atoms. The van der Waals surface area contributed by atoms with E-state index in [1.165, 1.54) is 45.2 Å². The third-order valence-electron chi connectivity index (χ3n) is 3.27. The molecule has 0 saturated carbocycles. The molecule has 1 fully saturated rings. The van der Waals surface area contributed by atoms with Crippen LogP contribution >= 0.6 is 12.6 Å². The minimum Gasteiger partial charge on any atom is -0.300 e. The number of hydrogen-bond acceptors (Lipinski definition) is 2. The number of rotatable bonds is 6. The monoisotopic (exact) mass is 215 g/mol. The molecular weight excluding hydrogens is 190 g/mol. The average molecular weight is 215 g/mol. The second kappa shape index (κ2) is 6.73. The highest BCUT2D eigenvalue weighted by atomic mass is 32.1. The number of nitrogens with zero attached hydrogens (tertiary/aromatic N) is 1. The first-order valence-corrected chi connectivity index (χ1v) is 6.72. The molecule has 84 valence electrons. The number of unbranched alkanes of at least 4 members (excludes halogenated alkanes) is 3. The minimum atomic E-state index is 0.829. The number of likely N-dealkylation sites (tertiary alicyclic amines) is 1. The van der Waals surface area contributed by atoms with Crippen molar-refractivity contribution >= 4 is 12.6 Å². The van der Waals surface area contributed by atoms with Crippen LogP contribution in [0.5, 0.6) is 0 Å². The fraction of sp³-hybridized carbons (Fsp3) is 1.00. The van der Waals surface area contributed by atoms with E-state index >= 15 is 0 Å². The van der Waals surface area contributed by atoms with Crippen LogP contribution in [-0.4, -0.2) is 29.8 Å². The van der Waals surface area contributed by atoms with Gasteiger partial charge in [-0.15, -0.1) is 0 Å². The maximum absolute atomic E-state index is 4.23. The lowest BCUT2D eigenvalue weighted by Crippen LogP contribution is -2.28. The maximum atomic E-state index is 4.23. The number of thiol groups is 1. The lowest BCUT2D eigenvalue weighted by molar-refractivity contribution is 0.259. The van der Waals surface area contributed by atoms with Crippen molar-refractivity contribution in [1.82, 2.24) is 4.90 Å².